The van der Waals surface area contributed by atoms with Gasteiger partial charge in [-0.2, -0.15) is 0 Å². The second-order valence-corrected chi connectivity index (χ2v) is 7.71. The Kier molecular flexibility index (Phi) is 7.28. The first-order chi connectivity index (χ1) is 14.0. The molecule has 0 unspecified atom stereocenters. The molecule has 0 atom stereocenters. The first-order valence-corrected chi connectivity index (χ1v) is 10.4. The van der Waals surface area contributed by atoms with Crippen molar-refractivity contribution in [3.8, 4) is 5.75 Å². The number of amides is 2. The number of hydrogen-bond acceptors (Lipinski definition) is 3. The van der Waals surface area contributed by atoms with Crippen LogP contribution in [0.2, 0.25) is 0 Å². The van der Waals surface area contributed by atoms with Gasteiger partial charge in [0.15, 0.2) is 0 Å². The monoisotopic (exact) mass is 394 g/mol. The van der Waals surface area contributed by atoms with E-state index < -0.39 is 0 Å². The molecule has 1 heterocycles. The van der Waals surface area contributed by atoms with E-state index in [0.717, 1.165) is 5.75 Å². The van der Waals surface area contributed by atoms with Crippen LogP contribution in [0.1, 0.15) is 48.5 Å². The standard InChI is InChI=1S/C24H30N2O3/c1-19(2)20-10-12-21(13-11-20)24(28)26-16-14-25(15-17-26)23(27)9-6-18-29-22-7-4-3-5-8-22/h3-5,7-8,10-13,19H,6,9,14-18H2,1-2H3. The fraction of sp³-hybridized carbons (Fsp3) is 0.417. The molecule has 0 saturated carbocycles. The number of benzene rings is 2. The Morgan fingerprint density at radius 2 is 1.52 bits per heavy atom. The van der Waals surface area contributed by atoms with Crippen LogP contribution in [0.4, 0.5) is 0 Å². The van der Waals surface area contributed by atoms with E-state index in [1.807, 2.05) is 64.4 Å². The van der Waals surface area contributed by atoms with Gasteiger partial charge in [-0.3, -0.25) is 9.59 Å². The highest BCUT2D eigenvalue weighted by Gasteiger charge is 2.24. The lowest BCUT2D eigenvalue weighted by Crippen LogP contribution is -2.50. The molecule has 0 aromatic heterocycles. The summed E-state index contributed by atoms with van der Waals surface area (Å²) in [7, 11) is 0. The summed E-state index contributed by atoms with van der Waals surface area (Å²) in [4.78, 5) is 28.8. The lowest BCUT2D eigenvalue weighted by molar-refractivity contribution is -0.132. The van der Waals surface area contributed by atoms with Crippen molar-refractivity contribution in [2.45, 2.75) is 32.6 Å². The molecule has 1 saturated heterocycles. The molecule has 0 bridgehead atoms. The minimum atomic E-state index is 0.0451. The van der Waals surface area contributed by atoms with Gasteiger partial charge in [0.25, 0.3) is 5.91 Å². The zero-order chi connectivity index (χ0) is 20.6. The predicted molar refractivity (Wildman–Crippen MR) is 114 cm³/mol. The maximum absolute atomic E-state index is 12.7. The van der Waals surface area contributed by atoms with Crippen molar-refractivity contribution in [3.63, 3.8) is 0 Å². The molecule has 0 aliphatic carbocycles. The minimum Gasteiger partial charge on any atom is -0.494 e. The summed E-state index contributed by atoms with van der Waals surface area (Å²) >= 11 is 0. The van der Waals surface area contributed by atoms with Crippen LogP contribution >= 0.6 is 0 Å². The van der Waals surface area contributed by atoms with Crippen LogP contribution in [0.15, 0.2) is 54.6 Å². The molecule has 1 fully saturated rings. The molecule has 0 N–H and O–H groups in total. The average molecular weight is 395 g/mol. The smallest absolute Gasteiger partial charge is 0.253 e. The topological polar surface area (TPSA) is 49.9 Å². The molecular weight excluding hydrogens is 364 g/mol. The second-order valence-electron chi connectivity index (χ2n) is 7.71. The van der Waals surface area contributed by atoms with Crippen molar-refractivity contribution in [2.75, 3.05) is 32.8 Å². The summed E-state index contributed by atoms with van der Waals surface area (Å²) < 4.78 is 5.64. The van der Waals surface area contributed by atoms with Crippen LogP contribution in [0.25, 0.3) is 0 Å². The number of para-hydroxylation sites is 1. The van der Waals surface area contributed by atoms with E-state index >= 15 is 0 Å². The number of carbonyl (C=O) groups excluding carboxylic acids is 2. The van der Waals surface area contributed by atoms with E-state index in [-0.39, 0.29) is 11.8 Å². The zero-order valence-electron chi connectivity index (χ0n) is 17.3. The predicted octanol–water partition coefficient (Wildman–Crippen LogP) is 3.95. The summed E-state index contributed by atoms with van der Waals surface area (Å²) in [5.41, 5.74) is 1.94. The van der Waals surface area contributed by atoms with E-state index in [1.165, 1.54) is 5.56 Å². The van der Waals surface area contributed by atoms with Crippen LogP contribution in [-0.2, 0) is 4.79 Å². The molecular formula is C24H30N2O3. The van der Waals surface area contributed by atoms with E-state index in [1.54, 1.807) is 0 Å². The summed E-state index contributed by atoms with van der Waals surface area (Å²) in [6.45, 7) is 7.15. The van der Waals surface area contributed by atoms with Crippen LogP contribution in [0.5, 0.6) is 5.75 Å². The van der Waals surface area contributed by atoms with E-state index in [2.05, 4.69) is 13.8 Å². The molecule has 0 radical (unpaired) electrons. The Hall–Kier alpha value is -2.82. The minimum absolute atomic E-state index is 0.0451. The third-order valence-electron chi connectivity index (χ3n) is 5.29. The molecule has 2 amide bonds. The lowest BCUT2D eigenvalue weighted by atomic mass is 10.0. The Balaban J connectivity index is 1.40. The summed E-state index contributed by atoms with van der Waals surface area (Å²) in [5, 5.41) is 0. The number of ether oxygens (including phenoxy) is 1. The number of hydrogen-bond donors (Lipinski definition) is 0. The Morgan fingerprint density at radius 3 is 2.14 bits per heavy atom. The Labute approximate surface area is 173 Å². The maximum atomic E-state index is 12.7. The van der Waals surface area contributed by atoms with Crippen LogP contribution in [0, 0.1) is 0 Å². The van der Waals surface area contributed by atoms with Gasteiger partial charge >= 0.3 is 0 Å². The fourth-order valence-corrected chi connectivity index (χ4v) is 3.44. The van der Waals surface area contributed by atoms with Crippen molar-refractivity contribution in [1.29, 1.82) is 0 Å². The van der Waals surface area contributed by atoms with Crippen LogP contribution in [-0.4, -0.2) is 54.4 Å². The fourth-order valence-electron chi connectivity index (χ4n) is 3.44. The number of nitrogens with zero attached hydrogens (tertiary/aromatic N) is 2. The highest BCUT2D eigenvalue weighted by Crippen LogP contribution is 2.17. The first kappa shape index (κ1) is 20.9. The van der Waals surface area contributed by atoms with Gasteiger partial charge in [0, 0.05) is 38.2 Å². The highest BCUT2D eigenvalue weighted by atomic mass is 16.5. The maximum Gasteiger partial charge on any atom is 0.253 e. The molecule has 3 rings (SSSR count). The van der Waals surface area contributed by atoms with Crippen LogP contribution < -0.4 is 4.74 Å². The number of carbonyl (C=O) groups is 2. The van der Waals surface area contributed by atoms with E-state index in [4.69, 9.17) is 4.74 Å². The summed E-state index contributed by atoms with van der Waals surface area (Å²) in [5.74, 6) is 1.46. The normalized spacial score (nSPS) is 14.2. The molecule has 29 heavy (non-hydrogen) atoms. The molecule has 154 valence electrons. The van der Waals surface area contributed by atoms with Gasteiger partial charge in [0.05, 0.1) is 6.61 Å². The van der Waals surface area contributed by atoms with Crippen molar-refractivity contribution in [1.82, 2.24) is 9.80 Å². The van der Waals surface area contributed by atoms with Gasteiger partial charge in [-0.25, -0.2) is 0 Å². The van der Waals surface area contributed by atoms with Crippen molar-refractivity contribution in [2.24, 2.45) is 0 Å². The second kappa shape index (κ2) is 10.1. The number of piperazine rings is 1. The van der Waals surface area contributed by atoms with Crippen molar-refractivity contribution in [3.05, 3.63) is 65.7 Å². The van der Waals surface area contributed by atoms with E-state index in [9.17, 15) is 9.59 Å². The van der Waals surface area contributed by atoms with Gasteiger partial charge in [0.2, 0.25) is 5.91 Å². The van der Waals surface area contributed by atoms with Gasteiger partial charge in [-0.05, 0) is 42.2 Å². The zero-order valence-corrected chi connectivity index (χ0v) is 17.3. The van der Waals surface area contributed by atoms with Gasteiger partial charge < -0.3 is 14.5 Å². The lowest BCUT2D eigenvalue weighted by Gasteiger charge is -2.35. The molecule has 5 nitrogen and oxygen atoms in total. The molecule has 1 aliphatic heterocycles. The van der Waals surface area contributed by atoms with Crippen molar-refractivity contribution >= 4 is 11.8 Å². The summed E-state index contributed by atoms with van der Waals surface area (Å²) in [6.07, 6.45) is 1.16. The molecule has 2 aromatic carbocycles. The molecule has 2 aromatic rings. The molecule has 5 heteroatoms. The molecule has 1 aliphatic rings. The highest BCUT2D eigenvalue weighted by molar-refractivity contribution is 5.94. The Morgan fingerprint density at radius 1 is 0.897 bits per heavy atom. The van der Waals surface area contributed by atoms with E-state index in [0.29, 0.717) is 57.1 Å². The third-order valence-corrected chi connectivity index (χ3v) is 5.29. The summed E-state index contributed by atoms with van der Waals surface area (Å²) in [6, 6.07) is 17.5. The first-order valence-electron chi connectivity index (χ1n) is 10.4. The number of rotatable bonds is 7. The average Bonchev–Trinajstić information content (AvgIpc) is 2.77. The van der Waals surface area contributed by atoms with Crippen molar-refractivity contribution < 1.29 is 14.3 Å². The molecule has 0 spiro atoms. The van der Waals surface area contributed by atoms with Crippen LogP contribution in [0.3, 0.4) is 0 Å². The quantitative estimate of drug-likeness (QED) is 0.668. The van der Waals surface area contributed by atoms with Gasteiger partial charge in [-0.1, -0.05) is 44.2 Å². The third kappa shape index (κ3) is 5.83. The largest absolute Gasteiger partial charge is 0.494 e. The Bertz CT molecular complexity index is 795. The van der Waals surface area contributed by atoms with Gasteiger partial charge in [0.1, 0.15) is 5.75 Å². The SMILES string of the molecule is CC(C)c1ccc(C(=O)N2CCN(C(=O)CCCOc3ccccc3)CC2)cc1. The van der Waals surface area contributed by atoms with Gasteiger partial charge in [-0.15, -0.1) is 0 Å².